The Bertz CT molecular complexity index is 421. The van der Waals surface area contributed by atoms with Crippen molar-refractivity contribution >= 4 is 0 Å². The fraction of sp³-hybridized carbons (Fsp3) is 0.308. The van der Waals surface area contributed by atoms with Crippen LogP contribution in [-0.4, -0.2) is 6.04 Å². The quantitative estimate of drug-likeness (QED) is 0.754. The van der Waals surface area contributed by atoms with E-state index in [1.165, 1.54) is 5.56 Å². The molecule has 0 saturated carbocycles. The van der Waals surface area contributed by atoms with Crippen LogP contribution in [0.25, 0.3) is 0 Å². The van der Waals surface area contributed by atoms with Gasteiger partial charge in [-0.1, -0.05) is 12.0 Å². The van der Waals surface area contributed by atoms with Crippen LogP contribution >= 0.6 is 0 Å². The van der Waals surface area contributed by atoms with Gasteiger partial charge in [0.25, 0.3) is 0 Å². The lowest BCUT2D eigenvalue weighted by Crippen LogP contribution is -2.23. The number of terminal acetylenes is 1. The molecule has 1 atom stereocenters. The van der Waals surface area contributed by atoms with Crippen LogP contribution in [0.1, 0.15) is 23.6 Å². The summed E-state index contributed by atoms with van der Waals surface area (Å²) in [6.07, 6.45) is 5.26. The molecule has 0 aliphatic heterocycles. The Kier molecular flexibility index (Phi) is 3.92. The number of nitrogens with zero attached hydrogens (tertiary/aromatic N) is 1. The Hall–Kier alpha value is -1.77. The average Bonchev–Trinajstić information content (AvgIpc) is 2.26. The first-order valence-corrected chi connectivity index (χ1v) is 4.86. The number of benzene rings is 1. The summed E-state index contributed by atoms with van der Waals surface area (Å²) in [5, 5.41) is 11.9. The smallest absolute Gasteiger partial charge is 0.0991 e. The Morgan fingerprint density at radius 3 is 2.80 bits per heavy atom. The molecular weight excluding hydrogens is 184 g/mol. The van der Waals surface area contributed by atoms with Gasteiger partial charge in [-0.05, 0) is 37.1 Å². The molecule has 1 N–H and O–H groups in total. The number of aryl methyl sites for hydroxylation is 1. The molecule has 0 amide bonds. The Balaban J connectivity index is 2.72. The van der Waals surface area contributed by atoms with Crippen molar-refractivity contribution in [1.29, 1.82) is 5.26 Å². The van der Waals surface area contributed by atoms with Crippen LogP contribution in [0.2, 0.25) is 0 Å². The van der Waals surface area contributed by atoms with E-state index in [1.807, 2.05) is 32.0 Å². The van der Waals surface area contributed by atoms with Gasteiger partial charge >= 0.3 is 0 Å². The van der Waals surface area contributed by atoms with Crippen molar-refractivity contribution in [1.82, 2.24) is 5.32 Å². The molecule has 1 unspecified atom stereocenters. The van der Waals surface area contributed by atoms with Gasteiger partial charge in [-0.3, -0.25) is 5.32 Å². The topological polar surface area (TPSA) is 35.8 Å². The molecule has 0 spiro atoms. The van der Waals surface area contributed by atoms with E-state index in [0.29, 0.717) is 5.56 Å². The summed E-state index contributed by atoms with van der Waals surface area (Å²) in [7, 11) is 0. The zero-order valence-corrected chi connectivity index (χ0v) is 9.04. The van der Waals surface area contributed by atoms with Crippen molar-refractivity contribution in [2.45, 2.75) is 26.4 Å². The predicted molar refractivity (Wildman–Crippen MR) is 61.0 cm³/mol. The molecule has 0 radical (unpaired) electrons. The third-order valence-electron chi connectivity index (χ3n) is 2.32. The van der Waals surface area contributed by atoms with E-state index in [0.717, 1.165) is 12.1 Å². The van der Waals surface area contributed by atoms with Gasteiger partial charge in [-0.25, -0.2) is 0 Å². The second kappa shape index (κ2) is 5.20. The van der Waals surface area contributed by atoms with Crippen LogP contribution in [0.3, 0.4) is 0 Å². The van der Waals surface area contributed by atoms with Crippen molar-refractivity contribution in [2.24, 2.45) is 0 Å². The maximum absolute atomic E-state index is 8.72. The lowest BCUT2D eigenvalue weighted by molar-refractivity contribution is 0.646. The van der Waals surface area contributed by atoms with Gasteiger partial charge < -0.3 is 0 Å². The number of rotatable bonds is 3. The molecule has 0 heterocycles. The van der Waals surface area contributed by atoms with Crippen molar-refractivity contribution < 1.29 is 0 Å². The fourth-order valence-electron chi connectivity index (χ4n) is 1.29. The SMILES string of the molecule is C#CC(C)NCc1ccc(C#N)cc1C. The highest BCUT2D eigenvalue weighted by atomic mass is 14.9. The molecule has 0 aliphatic rings. The minimum absolute atomic E-state index is 0.0695. The van der Waals surface area contributed by atoms with Gasteiger partial charge in [0, 0.05) is 6.54 Å². The predicted octanol–water partition coefficient (Wildman–Crippen LogP) is 1.98. The number of hydrogen-bond acceptors (Lipinski definition) is 2. The molecule has 0 bridgehead atoms. The summed E-state index contributed by atoms with van der Waals surface area (Å²) >= 11 is 0. The lowest BCUT2D eigenvalue weighted by atomic mass is 10.1. The third kappa shape index (κ3) is 3.13. The first kappa shape index (κ1) is 11.3. The van der Waals surface area contributed by atoms with Gasteiger partial charge in [-0.15, -0.1) is 6.42 Å². The van der Waals surface area contributed by atoms with Crippen LogP contribution in [0, 0.1) is 30.6 Å². The van der Waals surface area contributed by atoms with Crippen molar-refractivity contribution in [3.63, 3.8) is 0 Å². The van der Waals surface area contributed by atoms with E-state index >= 15 is 0 Å². The summed E-state index contributed by atoms with van der Waals surface area (Å²) < 4.78 is 0. The minimum atomic E-state index is 0.0695. The molecule has 0 aromatic heterocycles. The normalized spacial score (nSPS) is 11.5. The number of nitriles is 1. The molecule has 15 heavy (non-hydrogen) atoms. The summed E-state index contributed by atoms with van der Waals surface area (Å²) in [4.78, 5) is 0. The number of hydrogen-bond donors (Lipinski definition) is 1. The summed E-state index contributed by atoms with van der Waals surface area (Å²) in [5.41, 5.74) is 2.99. The first-order valence-electron chi connectivity index (χ1n) is 4.86. The maximum atomic E-state index is 8.72. The van der Waals surface area contributed by atoms with Crippen LogP contribution in [0.15, 0.2) is 18.2 Å². The summed E-state index contributed by atoms with van der Waals surface area (Å²) in [6, 6.07) is 7.86. The Labute approximate surface area is 90.9 Å². The van der Waals surface area contributed by atoms with Gasteiger partial charge in [0.2, 0.25) is 0 Å². The van der Waals surface area contributed by atoms with Gasteiger partial charge in [0.15, 0.2) is 0 Å². The zero-order chi connectivity index (χ0) is 11.3. The third-order valence-corrected chi connectivity index (χ3v) is 2.32. The van der Waals surface area contributed by atoms with E-state index in [4.69, 9.17) is 11.7 Å². The maximum Gasteiger partial charge on any atom is 0.0991 e. The molecular formula is C13H14N2. The first-order chi connectivity index (χ1) is 7.17. The Morgan fingerprint density at radius 1 is 1.53 bits per heavy atom. The Morgan fingerprint density at radius 2 is 2.27 bits per heavy atom. The van der Waals surface area contributed by atoms with E-state index in [9.17, 15) is 0 Å². The molecule has 1 aromatic rings. The van der Waals surface area contributed by atoms with Crippen LogP contribution < -0.4 is 5.32 Å². The molecule has 1 aromatic carbocycles. The molecule has 76 valence electrons. The standard InChI is InChI=1S/C13H14N2/c1-4-11(3)15-9-13-6-5-12(8-14)7-10(13)2/h1,5-7,11,15H,9H2,2-3H3. The molecule has 0 fully saturated rings. The molecule has 0 saturated heterocycles. The van der Waals surface area contributed by atoms with Gasteiger partial charge in [0.05, 0.1) is 17.7 Å². The highest BCUT2D eigenvalue weighted by Crippen LogP contribution is 2.10. The lowest BCUT2D eigenvalue weighted by Gasteiger charge is -2.09. The van der Waals surface area contributed by atoms with Crippen molar-refractivity contribution in [2.75, 3.05) is 0 Å². The van der Waals surface area contributed by atoms with Crippen molar-refractivity contribution in [3.05, 3.63) is 34.9 Å². The minimum Gasteiger partial charge on any atom is -0.300 e. The monoisotopic (exact) mass is 198 g/mol. The zero-order valence-electron chi connectivity index (χ0n) is 9.04. The largest absolute Gasteiger partial charge is 0.300 e. The molecule has 0 aliphatic carbocycles. The highest BCUT2D eigenvalue weighted by molar-refractivity contribution is 5.37. The number of nitrogens with one attached hydrogen (secondary N) is 1. The molecule has 2 nitrogen and oxygen atoms in total. The molecule has 1 rings (SSSR count). The second-order valence-corrected chi connectivity index (χ2v) is 3.52. The highest BCUT2D eigenvalue weighted by Gasteiger charge is 2.01. The fourth-order valence-corrected chi connectivity index (χ4v) is 1.29. The van der Waals surface area contributed by atoms with Gasteiger partial charge in [0.1, 0.15) is 0 Å². The van der Waals surface area contributed by atoms with Gasteiger partial charge in [-0.2, -0.15) is 5.26 Å². The van der Waals surface area contributed by atoms with Crippen LogP contribution in [0.5, 0.6) is 0 Å². The van der Waals surface area contributed by atoms with E-state index in [2.05, 4.69) is 17.3 Å². The van der Waals surface area contributed by atoms with Crippen molar-refractivity contribution in [3.8, 4) is 18.4 Å². The summed E-state index contributed by atoms with van der Waals surface area (Å²) in [5.74, 6) is 2.61. The van der Waals surface area contributed by atoms with Crippen LogP contribution in [0.4, 0.5) is 0 Å². The average molecular weight is 198 g/mol. The van der Waals surface area contributed by atoms with E-state index in [-0.39, 0.29) is 6.04 Å². The van der Waals surface area contributed by atoms with Crippen LogP contribution in [-0.2, 0) is 6.54 Å². The second-order valence-electron chi connectivity index (χ2n) is 3.52. The van der Waals surface area contributed by atoms with E-state index < -0.39 is 0 Å². The van der Waals surface area contributed by atoms with E-state index in [1.54, 1.807) is 0 Å². The summed E-state index contributed by atoms with van der Waals surface area (Å²) in [6.45, 7) is 4.68. The molecule has 2 heteroatoms.